The lowest BCUT2D eigenvalue weighted by molar-refractivity contribution is 0.182. The zero-order chi connectivity index (χ0) is 13.8. The lowest BCUT2D eigenvalue weighted by Gasteiger charge is -2.10. The van der Waals surface area contributed by atoms with Crippen LogP contribution in [0.25, 0.3) is 0 Å². The number of nitrogens with two attached hydrogens (primary N) is 1. The quantitative estimate of drug-likeness (QED) is 0.541. The molecular formula is C11H17BrN2O3S. The fourth-order valence-corrected chi connectivity index (χ4v) is 3.16. The minimum atomic E-state index is -3.60. The average Bonchev–Trinajstić information content (AvgIpc) is 2.27. The van der Waals surface area contributed by atoms with E-state index in [1.54, 1.807) is 13.0 Å². The molecule has 0 aliphatic carbocycles. The molecule has 0 radical (unpaired) electrons. The van der Waals surface area contributed by atoms with Gasteiger partial charge in [0.15, 0.2) is 0 Å². The fourth-order valence-electron chi connectivity index (χ4n) is 1.42. The molecule has 18 heavy (non-hydrogen) atoms. The van der Waals surface area contributed by atoms with E-state index in [9.17, 15) is 8.42 Å². The number of benzene rings is 1. The van der Waals surface area contributed by atoms with Gasteiger partial charge in [-0.1, -0.05) is 15.9 Å². The molecule has 0 aliphatic heterocycles. The molecule has 1 rings (SSSR count). The Hall–Kier alpha value is -0.630. The second-order valence-electron chi connectivity index (χ2n) is 4.07. The van der Waals surface area contributed by atoms with Gasteiger partial charge < -0.3 is 10.8 Å². The first-order valence-corrected chi connectivity index (χ1v) is 7.83. The zero-order valence-electron chi connectivity index (χ0n) is 10.1. The Balaban J connectivity index is 2.71. The Bertz CT molecular complexity index is 503. The van der Waals surface area contributed by atoms with Crippen molar-refractivity contribution < 1.29 is 13.5 Å². The number of nitrogen functional groups attached to an aromatic ring is 1. The first-order chi connectivity index (χ1) is 8.33. The van der Waals surface area contributed by atoms with E-state index in [2.05, 4.69) is 20.7 Å². The largest absolute Gasteiger partial charge is 0.398 e. The number of halogens is 1. The molecule has 1 atom stereocenters. The number of rotatable bonds is 6. The van der Waals surface area contributed by atoms with E-state index in [0.29, 0.717) is 17.3 Å². The number of sulfonamides is 1. The highest BCUT2D eigenvalue weighted by Gasteiger charge is 2.17. The minimum Gasteiger partial charge on any atom is -0.398 e. The van der Waals surface area contributed by atoms with Crippen LogP contribution in [0, 0.1) is 0 Å². The summed E-state index contributed by atoms with van der Waals surface area (Å²) in [6, 6.07) is 4.68. The zero-order valence-corrected chi connectivity index (χ0v) is 12.5. The number of aliphatic hydroxyl groups is 1. The van der Waals surface area contributed by atoms with Crippen molar-refractivity contribution in [3.63, 3.8) is 0 Å². The molecule has 0 aromatic heterocycles. The predicted octanol–water partition coefficient (Wildman–Crippen LogP) is 1.47. The van der Waals surface area contributed by atoms with Crippen LogP contribution in [0.15, 0.2) is 27.6 Å². The minimum absolute atomic E-state index is 0.0638. The van der Waals surface area contributed by atoms with Crippen LogP contribution in [0.4, 0.5) is 5.69 Å². The molecule has 0 heterocycles. The summed E-state index contributed by atoms with van der Waals surface area (Å²) in [5, 5.41) is 9.08. The Morgan fingerprint density at radius 2 is 2.17 bits per heavy atom. The fraction of sp³-hybridized carbons (Fsp3) is 0.455. The van der Waals surface area contributed by atoms with Crippen molar-refractivity contribution in [1.82, 2.24) is 4.72 Å². The molecule has 1 aromatic carbocycles. The number of aliphatic hydroxyl groups excluding tert-OH is 1. The van der Waals surface area contributed by atoms with E-state index in [1.807, 2.05) is 0 Å². The van der Waals surface area contributed by atoms with E-state index >= 15 is 0 Å². The molecule has 4 N–H and O–H groups in total. The first kappa shape index (κ1) is 15.4. The molecule has 102 valence electrons. The molecule has 0 saturated heterocycles. The second-order valence-corrected chi connectivity index (χ2v) is 6.72. The van der Waals surface area contributed by atoms with Crippen LogP contribution in [0.2, 0.25) is 0 Å². The monoisotopic (exact) mass is 336 g/mol. The summed E-state index contributed by atoms with van der Waals surface area (Å²) in [5.74, 6) is 0. The average molecular weight is 337 g/mol. The Labute approximate surface area is 116 Å². The van der Waals surface area contributed by atoms with Gasteiger partial charge in [0.2, 0.25) is 10.0 Å². The van der Waals surface area contributed by atoms with Crippen LogP contribution >= 0.6 is 15.9 Å². The molecule has 0 bridgehead atoms. The van der Waals surface area contributed by atoms with Crippen LogP contribution < -0.4 is 10.5 Å². The SMILES string of the molecule is CC(O)CCCNS(=O)(=O)c1cc(Br)ccc1N. The molecule has 5 nitrogen and oxygen atoms in total. The highest BCUT2D eigenvalue weighted by atomic mass is 79.9. The topological polar surface area (TPSA) is 92.4 Å². The lowest BCUT2D eigenvalue weighted by atomic mass is 10.2. The van der Waals surface area contributed by atoms with Crippen molar-refractivity contribution in [2.45, 2.75) is 30.8 Å². The molecule has 7 heteroatoms. The van der Waals surface area contributed by atoms with Crippen molar-refractivity contribution in [3.8, 4) is 0 Å². The maximum Gasteiger partial charge on any atom is 0.242 e. The molecule has 0 saturated carbocycles. The summed E-state index contributed by atoms with van der Waals surface area (Å²) in [7, 11) is -3.60. The van der Waals surface area contributed by atoms with Gasteiger partial charge in [0, 0.05) is 11.0 Å². The van der Waals surface area contributed by atoms with Gasteiger partial charge in [0.1, 0.15) is 4.90 Å². The van der Waals surface area contributed by atoms with Crippen molar-refractivity contribution in [2.75, 3.05) is 12.3 Å². The van der Waals surface area contributed by atoms with Crippen molar-refractivity contribution >= 4 is 31.6 Å². The van der Waals surface area contributed by atoms with E-state index in [4.69, 9.17) is 10.8 Å². The van der Waals surface area contributed by atoms with Crippen molar-refractivity contribution in [2.24, 2.45) is 0 Å². The van der Waals surface area contributed by atoms with Gasteiger partial charge in [-0.2, -0.15) is 0 Å². The summed E-state index contributed by atoms with van der Waals surface area (Å²) in [5.41, 5.74) is 5.86. The Kier molecular flexibility index (Phi) is 5.58. The van der Waals surface area contributed by atoms with Gasteiger partial charge in [-0.15, -0.1) is 0 Å². The summed E-state index contributed by atoms with van der Waals surface area (Å²) >= 11 is 3.21. The van der Waals surface area contributed by atoms with E-state index in [0.717, 1.165) is 0 Å². The Morgan fingerprint density at radius 3 is 2.78 bits per heavy atom. The molecule has 0 aliphatic rings. The number of hydrogen-bond donors (Lipinski definition) is 3. The van der Waals surface area contributed by atoms with Crippen LogP contribution in [0.1, 0.15) is 19.8 Å². The van der Waals surface area contributed by atoms with Crippen LogP contribution in [0.3, 0.4) is 0 Å². The third-order valence-corrected chi connectivity index (χ3v) is 4.37. The molecule has 0 spiro atoms. The number of nitrogens with one attached hydrogen (secondary N) is 1. The normalized spacial score (nSPS) is 13.5. The molecule has 0 fully saturated rings. The van der Waals surface area contributed by atoms with Gasteiger partial charge in [-0.3, -0.25) is 0 Å². The third-order valence-electron chi connectivity index (χ3n) is 2.36. The van der Waals surface area contributed by atoms with Crippen molar-refractivity contribution in [3.05, 3.63) is 22.7 Å². The van der Waals surface area contributed by atoms with E-state index in [-0.39, 0.29) is 17.1 Å². The molecule has 0 amide bonds. The summed E-state index contributed by atoms with van der Waals surface area (Å²) < 4.78 is 27.1. The van der Waals surface area contributed by atoms with Crippen LogP contribution in [-0.2, 0) is 10.0 Å². The third kappa shape index (κ3) is 4.56. The second kappa shape index (κ2) is 6.51. The van der Waals surface area contributed by atoms with Crippen molar-refractivity contribution in [1.29, 1.82) is 0 Å². The summed E-state index contributed by atoms with van der Waals surface area (Å²) in [6.07, 6.45) is 0.701. The standard InChI is InChI=1S/C11H17BrN2O3S/c1-8(15)3-2-6-14-18(16,17)11-7-9(12)4-5-10(11)13/h4-5,7-8,14-15H,2-3,6,13H2,1H3. The summed E-state index contributed by atoms with van der Waals surface area (Å²) in [4.78, 5) is 0.0638. The lowest BCUT2D eigenvalue weighted by Crippen LogP contribution is -2.26. The van der Waals surface area contributed by atoms with Gasteiger partial charge in [-0.25, -0.2) is 13.1 Å². The summed E-state index contributed by atoms with van der Waals surface area (Å²) in [6.45, 7) is 1.94. The van der Waals surface area contributed by atoms with Crippen LogP contribution in [0.5, 0.6) is 0 Å². The number of hydrogen-bond acceptors (Lipinski definition) is 4. The molecule has 1 aromatic rings. The maximum atomic E-state index is 12.0. The van der Waals surface area contributed by atoms with Gasteiger partial charge >= 0.3 is 0 Å². The smallest absolute Gasteiger partial charge is 0.242 e. The van der Waals surface area contributed by atoms with Gasteiger partial charge in [-0.05, 0) is 38.0 Å². The Morgan fingerprint density at radius 1 is 1.50 bits per heavy atom. The molecular weight excluding hydrogens is 320 g/mol. The maximum absolute atomic E-state index is 12.0. The number of anilines is 1. The van der Waals surface area contributed by atoms with Gasteiger partial charge in [0.25, 0.3) is 0 Å². The highest BCUT2D eigenvalue weighted by molar-refractivity contribution is 9.10. The van der Waals surface area contributed by atoms with Crippen LogP contribution in [-0.4, -0.2) is 26.2 Å². The van der Waals surface area contributed by atoms with Gasteiger partial charge in [0.05, 0.1) is 11.8 Å². The van der Waals surface area contributed by atoms with E-state index < -0.39 is 16.1 Å². The molecule has 1 unspecified atom stereocenters. The highest BCUT2D eigenvalue weighted by Crippen LogP contribution is 2.22. The predicted molar refractivity (Wildman–Crippen MR) is 74.7 cm³/mol. The first-order valence-electron chi connectivity index (χ1n) is 5.55. The van der Waals surface area contributed by atoms with E-state index in [1.165, 1.54) is 12.1 Å².